The third-order valence-corrected chi connectivity index (χ3v) is 2.81. The fraction of sp³-hybridized carbons (Fsp3) is 0.273. The van der Waals surface area contributed by atoms with Crippen molar-refractivity contribution in [3.8, 4) is 0 Å². The van der Waals surface area contributed by atoms with E-state index >= 15 is 0 Å². The van der Waals surface area contributed by atoms with Gasteiger partial charge in [-0.3, -0.25) is 11.3 Å². The number of benzene rings is 1. The molecule has 0 aromatic heterocycles. The fourth-order valence-electron chi connectivity index (χ4n) is 1.36. The molecular formula is C11H14BrFN2. The summed E-state index contributed by atoms with van der Waals surface area (Å²) in [4.78, 5) is 0. The molecular weight excluding hydrogens is 259 g/mol. The summed E-state index contributed by atoms with van der Waals surface area (Å²) >= 11 is 3.15. The molecule has 0 aliphatic heterocycles. The molecule has 1 unspecified atom stereocenters. The van der Waals surface area contributed by atoms with Gasteiger partial charge >= 0.3 is 0 Å². The zero-order chi connectivity index (χ0) is 11.3. The highest BCUT2D eigenvalue weighted by Gasteiger charge is 2.10. The Hall–Kier alpha value is -0.710. The molecule has 4 heteroatoms. The lowest BCUT2D eigenvalue weighted by Crippen LogP contribution is -2.27. The average Bonchev–Trinajstić information content (AvgIpc) is 2.24. The van der Waals surface area contributed by atoms with Crippen LogP contribution in [0.4, 0.5) is 4.39 Å². The predicted molar refractivity (Wildman–Crippen MR) is 63.6 cm³/mol. The first-order chi connectivity index (χ1) is 7.19. The number of rotatable bonds is 5. The van der Waals surface area contributed by atoms with Gasteiger partial charge in [0.05, 0.1) is 4.47 Å². The summed E-state index contributed by atoms with van der Waals surface area (Å²) in [5.74, 6) is 5.17. The van der Waals surface area contributed by atoms with Crippen molar-refractivity contribution in [2.24, 2.45) is 5.84 Å². The van der Waals surface area contributed by atoms with Crippen LogP contribution in [0.5, 0.6) is 0 Å². The summed E-state index contributed by atoms with van der Waals surface area (Å²) in [5, 5.41) is 0. The van der Waals surface area contributed by atoms with Crippen LogP contribution in [0.1, 0.15) is 24.4 Å². The second-order valence-corrected chi connectivity index (χ2v) is 4.11. The molecule has 0 radical (unpaired) electrons. The molecule has 0 saturated heterocycles. The zero-order valence-corrected chi connectivity index (χ0v) is 9.93. The normalized spacial score (nSPS) is 12.5. The molecule has 0 bridgehead atoms. The third-order valence-electron chi connectivity index (χ3n) is 2.21. The minimum atomic E-state index is -0.266. The molecule has 0 aliphatic carbocycles. The van der Waals surface area contributed by atoms with E-state index in [1.54, 1.807) is 12.1 Å². The van der Waals surface area contributed by atoms with Gasteiger partial charge in [0.25, 0.3) is 0 Å². The van der Waals surface area contributed by atoms with E-state index in [-0.39, 0.29) is 11.9 Å². The molecule has 1 atom stereocenters. The smallest absolute Gasteiger partial charge is 0.137 e. The lowest BCUT2D eigenvalue weighted by atomic mass is 10.0. The number of halogens is 2. The van der Waals surface area contributed by atoms with Crippen LogP contribution in [0.3, 0.4) is 0 Å². The molecule has 0 saturated carbocycles. The number of allylic oxidation sites excluding steroid dienone is 1. The largest absolute Gasteiger partial charge is 0.271 e. The topological polar surface area (TPSA) is 38.0 Å². The molecule has 1 rings (SSSR count). The summed E-state index contributed by atoms with van der Waals surface area (Å²) in [6.07, 6.45) is 3.55. The van der Waals surface area contributed by atoms with Crippen molar-refractivity contribution in [3.63, 3.8) is 0 Å². The van der Waals surface area contributed by atoms with Gasteiger partial charge in [-0.25, -0.2) is 4.39 Å². The first kappa shape index (κ1) is 12.4. The van der Waals surface area contributed by atoms with E-state index in [1.807, 2.05) is 6.08 Å². The number of nitrogens with one attached hydrogen (secondary N) is 1. The first-order valence-electron chi connectivity index (χ1n) is 4.71. The maximum Gasteiger partial charge on any atom is 0.137 e. The Balaban J connectivity index is 2.82. The van der Waals surface area contributed by atoms with Gasteiger partial charge in [-0.1, -0.05) is 12.1 Å². The minimum Gasteiger partial charge on any atom is -0.271 e. The van der Waals surface area contributed by atoms with Crippen molar-refractivity contribution in [1.29, 1.82) is 0 Å². The first-order valence-corrected chi connectivity index (χ1v) is 5.50. The predicted octanol–water partition coefficient (Wildman–Crippen LogP) is 3.06. The minimum absolute atomic E-state index is 0.0277. The van der Waals surface area contributed by atoms with Gasteiger partial charge in [-0.2, -0.15) is 0 Å². The van der Waals surface area contributed by atoms with Crippen LogP contribution in [0.2, 0.25) is 0 Å². The van der Waals surface area contributed by atoms with Crippen molar-refractivity contribution in [2.45, 2.75) is 18.9 Å². The summed E-state index contributed by atoms with van der Waals surface area (Å²) in [5.41, 5.74) is 3.67. The summed E-state index contributed by atoms with van der Waals surface area (Å²) in [6, 6.07) is 4.92. The summed E-state index contributed by atoms with van der Waals surface area (Å²) in [6.45, 7) is 3.65. The fourth-order valence-corrected chi connectivity index (χ4v) is 1.76. The SMILES string of the molecule is C=CCCC(NN)c1ccc(F)c(Br)c1. The van der Waals surface area contributed by atoms with Gasteiger partial charge in [-0.15, -0.1) is 6.58 Å². The van der Waals surface area contributed by atoms with Crippen LogP contribution in [0, 0.1) is 5.82 Å². The molecule has 1 aromatic carbocycles. The Kier molecular flexibility index (Phi) is 4.94. The molecule has 0 spiro atoms. The molecule has 2 nitrogen and oxygen atoms in total. The van der Waals surface area contributed by atoms with Crippen LogP contribution in [0.25, 0.3) is 0 Å². The van der Waals surface area contributed by atoms with E-state index in [4.69, 9.17) is 5.84 Å². The van der Waals surface area contributed by atoms with Crippen LogP contribution < -0.4 is 11.3 Å². The second kappa shape index (κ2) is 6.00. The maximum absolute atomic E-state index is 13.0. The molecule has 0 aliphatic rings. The van der Waals surface area contributed by atoms with Crippen molar-refractivity contribution < 1.29 is 4.39 Å². The number of hydrogen-bond donors (Lipinski definition) is 2. The van der Waals surface area contributed by atoms with E-state index in [1.165, 1.54) is 6.07 Å². The molecule has 3 N–H and O–H groups in total. The molecule has 82 valence electrons. The quantitative estimate of drug-likeness (QED) is 0.491. The van der Waals surface area contributed by atoms with E-state index < -0.39 is 0 Å². The summed E-state index contributed by atoms with van der Waals surface area (Å²) in [7, 11) is 0. The monoisotopic (exact) mass is 272 g/mol. The van der Waals surface area contributed by atoms with E-state index in [0.717, 1.165) is 18.4 Å². The Labute approximate surface area is 97.5 Å². The number of nitrogens with two attached hydrogens (primary N) is 1. The van der Waals surface area contributed by atoms with E-state index in [0.29, 0.717) is 4.47 Å². The molecule has 1 aromatic rings. The van der Waals surface area contributed by atoms with Gasteiger partial charge in [0.15, 0.2) is 0 Å². The van der Waals surface area contributed by atoms with Gasteiger partial charge in [-0.05, 0) is 46.5 Å². The van der Waals surface area contributed by atoms with Gasteiger partial charge in [0.2, 0.25) is 0 Å². The lowest BCUT2D eigenvalue weighted by molar-refractivity contribution is 0.518. The summed E-state index contributed by atoms with van der Waals surface area (Å²) < 4.78 is 13.5. The van der Waals surface area contributed by atoms with Crippen molar-refractivity contribution in [2.75, 3.05) is 0 Å². The van der Waals surface area contributed by atoms with E-state index in [2.05, 4.69) is 27.9 Å². The maximum atomic E-state index is 13.0. The Morgan fingerprint density at radius 1 is 1.60 bits per heavy atom. The standard InChI is InChI=1S/C11H14BrFN2/c1-2-3-4-11(15-14)8-5-6-10(13)9(12)7-8/h2,5-7,11,15H,1,3-4,14H2. The second-order valence-electron chi connectivity index (χ2n) is 3.26. The molecule has 0 heterocycles. The molecule has 15 heavy (non-hydrogen) atoms. The number of hydrogen-bond acceptors (Lipinski definition) is 2. The third kappa shape index (κ3) is 3.41. The Morgan fingerprint density at radius 3 is 2.87 bits per heavy atom. The highest BCUT2D eigenvalue weighted by molar-refractivity contribution is 9.10. The zero-order valence-electron chi connectivity index (χ0n) is 8.34. The Bertz CT molecular complexity index is 341. The van der Waals surface area contributed by atoms with Crippen molar-refractivity contribution in [3.05, 3.63) is 46.7 Å². The molecule has 0 amide bonds. The van der Waals surface area contributed by atoms with Crippen molar-refractivity contribution in [1.82, 2.24) is 5.43 Å². The van der Waals surface area contributed by atoms with E-state index in [9.17, 15) is 4.39 Å². The van der Waals surface area contributed by atoms with Gasteiger partial charge < -0.3 is 0 Å². The number of hydrazine groups is 1. The van der Waals surface area contributed by atoms with Crippen LogP contribution in [0.15, 0.2) is 35.3 Å². The van der Waals surface area contributed by atoms with Crippen LogP contribution >= 0.6 is 15.9 Å². The average molecular weight is 273 g/mol. The Morgan fingerprint density at radius 2 is 2.33 bits per heavy atom. The highest BCUT2D eigenvalue weighted by Crippen LogP contribution is 2.23. The van der Waals surface area contributed by atoms with Gasteiger partial charge in [0, 0.05) is 6.04 Å². The van der Waals surface area contributed by atoms with Crippen molar-refractivity contribution >= 4 is 15.9 Å². The highest BCUT2D eigenvalue weighted by atomic mass is 79.9. The molecule has 0 fully saturated rings. The lowest BCUT2D eigenvalue weighted by Gasteiger charge is -2.15. The van der Waals surface area contributed by atoms with Crippen LogP contribution in [-0.2, 0) is 0 Å². The van der Waals surface area contributed by atoms with Crippen LogP contribution in [-0.4, -0.2) is 0 Å². The van der Waals surface area contributed by atoms with Gasteiger partial charge in [0.1, 0.15) is 5.82 Å².